The number of anilines is 1. The number of halogens is 1. The molecule has 1 saturated heterocycles. The van der Waals surface area contributed by atoms with Gasteiger partial charge in [-0.2, -0.15) is 0 Å². The van der Waals surface area contributed by atoms with Crippen LogP contribution >= 0.6 is 0 Å². The summed E-state index contributed by atoms with van der Waals surface area (Å²) in [5, 5.41) is 15.3. The Morgan fingerprint density at radius 3 is 2.58 bits per heavy atom. The highest BCUT2D eigenvalue weighted by molar-refractivity contribution is 6.03. The van der Waals surface area contributed by atoms with Crippen molar-refractivity contribution in [3.8, 4) is 17.2 Å². The van der Waals surface area contributed by atoms with Crippen LogP contribution < -0.4 is 20.1 Å². The number of fused-ring (bicyclic) bond motifs is 1. The number of amides is 2. The smallest absolute Gasteiger partial charge is 0.325 e. The number of ether oxygens (including phenoxy) is 2. The molecule has 2 aromatic heterocycles. The van der Waals surface area contributed by atoms with Crippen LogP contribution in [0.25, 0.3) is 10.9 Å². The molecule has 2 amide bonds. The number of carbonyl (C=O) groups excluding carboxylic acids is 2. The summed E-state index contributed by atoms with van der Waals surface area (Å²) in [6.45, 7) is 2.43. The van der Waals surface area contributed by atoms with Crippen molar-refractivity contribution in [2.75, 3.05) is 51.9 Å². The number of benzene rings is 2. The van der Waals surface area contributed by atoms with Crippen molar-refractivity contribution in [1.29, 1.82) is 0 Å². The summed E-state index contributed by atoms with van der Waals surface area (Å²) in [6, 6.07) is 15.8. The standard InChI is InChI=1S/C32H36FN5O5/c1-34-32(41)38-15-10-25-19-29(28(21-27(25)38)42-18-2-11-33)43-26-7-12-35-30(20-26)36-31(40)24-5-3-22(4-6-24)23-8-13-37(14-9-23)16-17-39/h3-7,10,12,15,19-21,23,39H,2,8-9,11,13-14,16-18H2,1H3,(H,34,41)(H,35,36,40). The number of hydrogen-bond acceptors (Lipinski definition) is 7. The van der Waals surface area contributed by atoms with E-state index >= 15 is 0 Å². The molecular weight excluding hydrogens is 553 g/mol. The highest BCUT2D eigenvalue weighted by Crippen LogP contribution is 2.37. The first-order valence-electron chi connectivity index (χ1n) is 14.4. The number of β-amino-alcohol motifs (C(OH)–C–C–N with tert-alkyl or cyclic N) is 1. The molecule has 226 valence electrons. The zero-order valence-electron chi connectivity index (χ0n) is 24.1. The van der Waals surface area contributed by atoms with Gasteiger partial charge in [-0.15, -0.1) is 0 Å². The molecule has 3 heterocycles. The lowest BCUT2D eigenvalue weighted by atomic mass is 9.89. The number of rotatable bonds is 11. The van der Waals surface area contributed by atoms with Gasteiger partial charge >= 0.3 is 6.03 Å². The lowest BCUT2D eigenvalue weighted by Crippen LogP contribution is -2.34. The molecule has 1 aliphatic rings. The lowest BCUT2D eigenvalue weighted by Gasteiger charge is -2.31. The van der Waals surface area contributed by atoms with Gasteiger partial charge in [0.2, 0.25) is 0 Å². The van der Waals surface area contributed by atoms with Gasteiger partial charge in [0.25, 0.3) is 5.91 Å². The van der Waals surface area contributed by atoms with Crippen LogP contribution in [-0.4, -0.2) is 78.1 Å². The average Bonchev–Trinajstić information content (AvgIpc) is 3.44. The summed E-state index contributed by atoms with van der Waals surface area (Å²) >= 11 is 0. The third kappa shape index (κ3) is 7.30. The topological polar surface area (TPSA) is 118 Å². The molecule has 1 aliphatic heterocycles. The van der Waals surface area contributed by atoms with E-state index in [1.165, 1.54) is 16.3 Å². The van der Waals surface area contributed by atoms with Crippen LogP contribution in [0.2, 0.25) is 0 Å². The number of nitrogens with zero attached hydrogens (tertiary/aromatic N) is 3. The first kappa shape index (κ1) is 30.0. The number of hydrogen-bond donors (Lipinski definition) is 3. The maximum absolute atomic E-state index is 13.0. The van der Waals surface area contributed by atoms with Crippen molar-refractivity contribution in [3.63, 3.8) is 0 Å². The van der Waals surface area contributed by atoms with E-state index in [-0.39, 0.29) is 31.6 Å². The highest BCUT2D eigenvalue weighted by atomic mass is 19.1. The molecular formula is C32H36FN5O5. The minimum Gasteiger partial charge on any atom is -0.489 e. The van der Waals surface area contributed by atoms with E-state index in [1.54, 1.807) is 43.6 Å². The van der Waals surface area contributed by atoms with Gasteiger partial charge in [0, 0.05) is 55.5 Å². The molecule has 0 saturated carbocycles. The fourth-order valence-corrected chi connectivity index (χ4v) is 5.27. The lowest BCUT2D eigenvalue weighted by molar-refractivity contribution is 0.102. The molecule has 0 unspecified atom stereocenters. The van der Waals surface area contributed by atoms with Gasteiger partial charge in [-0.05, 0) is 67.7 Å². The Kier molecular flexibility index (Phi) is 9.85. The summed E-state index contributed by atoms with van der Waals surface area (Å²) in [7, 11) is 1.55. The second kappa shape index (κ2) is 14.1. The zero-order chi connectivity index (χ0) is 30.2. The first-order valence-corrected chi connectivity index (χ1v) is 14.4. The Hall–Kier alpha value is -4.48. The maximum Gasteiger partial charge on any atom is 0.325 e. The van der Waals surface area contributed by atoms with Crippen LogP contribution in [0.4, 0.5) is 15.0 Å². The van der Waals surface area contributed by atoms with Gasteiger partial charge in [-0.1, -0.05) is 12.1 Å². The molecule has 4 aromatic rings. The van der Waals surface area contributed by atoms with Crippen molar-refractivity contribution in [1.82, 2.24) is 19.8 Å². The normalized spacial score (nSPS) is 14.0. The maximum atomic E-state index is 13.0. The molecule has 0 bridgehead atoms. The number of nitrogens with one attached hydrogen (secondary N) is 2. The van der Waals surface area contributed by atoms with Crippen molar-refractivity contribution in [3.05, 3.63) is 78.1 Å². The number of alkyl halides is 1. The molecule has 43 heavy (non-hydrogen) atoms. The minimum absolute atomic E-state index is 0.137. The Bertz CT molecular complexity index is 1550. The van der Waals surface area contributed by atoms with E-state index in [0.717, 1.165) is 31.3 Å². The van der Waals surface area contributed by atoms with Gasteiger partial charge in [0.1, 0.15) is 11.6 Å². The monoisotopic (exact) mass is 589 g/mol. The number of aromatic nitrogens is 2. The number of piperidine rings is 1. The molecule has 0 radical (unpaired) electrons. The second-order valence-corrected chi connectivity index (χ2v) is 10.4. The van der Waals surface area contributed by atoms with E-state index in [0.29, 0.717) is 46.6 Å². The van der Waals surface area contributed by atoms with E-state index < -0.39 is 6.67 Å². The molecule has 11 heteroatoms. The van der Waals surface area contributed by atoms with Gasteiger partial charge in [-0.3, -0.25) is 13.8 Å². The number of likely N-dealkylation sites (tertiary alicyclic amines) is 1. The fraction of sp³-hybridized carbons (Fsp3) is 0.344. The number of aliphatic hydroxyl groups excluding tert-OH is 1. The van der Waals surface area contributed by atoms with Crippen molar-refractivity contribution >= 4 is 28.7 Å². The van der Waals surface area contributed by atoms with Gasteiger partial charge in [-0.25, -0.2) is 9.78 Å². The van der Waals surface area contributed by atoms with E-state index in [4.69, 9.17) is 14.6 Å². The van der Waals surface area contributed by atoms with Gasteiger partial charge < -0.3 is 30.1 Å². The molecule has 3 N–H and O–H groups in total. The van der Waals surface area contributed by atoms with Crippen LogP contribution in [0.3, 0.4) is 0 Å². The Labute approximate surface area is 249 Å². The van der Waals surface area contributed by atoms with Crippen molar-refractivity contribution in [2.45, 2.75) is 25.2 Å². The van der Waals surface area contributed by atoms with Crippen LogP contribution in [-0.2, 0) is 0 Å². The Morgan fingerprint density at radius 1 is 1.07 bits per heavy atom. The summed E-state index contributed by atoms with van der Waals surface area (Å²) in [6.07, 6.45) is 5.44. The zero-order valence-corrected chi connectivity index (χ0v) is 24.1. The summed E-state index contributed by atoms with van der Waals surface area (Å²) < 4.78 is 26.2. The molecule has 10 nitrogen and oxygen atoms in total. The average molecular weight is 590 g/mol. The predicted molar refractivity (Wildman–Crippen MR) is 162 cm³/mol. The predicted octanol–water partition coefficient (Wildman–Crippen LogP) is 5.18. The number of aliphatic hydroxyl groups is 1. The molecule has 0 aliphatic carbocycles. The summed E-state index contributed by atoms with van der Waals surface area (Å²) in [5.74, 6) is 1.60. The highest BCUT2D eigenvalue weighted by Gasteiger charge is 2.21. The number of pyridine rings is 1. The quantitative estimate of drug-likeness (QED) is 0.206. The molecule has 2 aromatic carbocycles. The van der Waals surface area contributed by atoms with E-state index in [2.05, 4.69) is 20.5 Å². The number of carbonyl (C=O) groups is 2. The molecule has 5 rings (SSSR count). The van der Waals surface area contributed by atoms with Crippen molar-refractivity contribution in [2.24, 2.45) is 0 Å². The third-order valence-corrected chi connectivity index (χ3v) is 7.57. The largest absolute Gasteiger partial charge is 0.489 e. The molecule has 1 fully saturated rings. The fourth-order valence-electron chi connectivity index (χ4n) is 5.27. The Balaban J connectivity index is 1.28. The van der Waals surface area contributed by atoms with Gasteiger partial charge in [0.05, 0.1) is 25.4 Å². The minimum atomic E-state index is -0.520. The van der Waals surface area contributed by atoms with E-state index in [1.807, 2.05) is 24.3 Å². The summed E-state index contributed by atoms with van der Waals surface area (Å²) in [4.78, 5) is 31.8. The van der Waals surface area contributed by atoms with E-state index in [9.17, 15) is 14.0 Å². The molecule has 0 spiro atoms. The van der Waals surface area contributed by atoms with Crippen LogP contribution in [0, 0.1) is 0 Å². The van der Waals surface area contributed by atoms with Crippen molar-refractivity contribution < 1.29 is 28.6 Å². The third-order valence-electron chi connectivity index (χ3n) is 7.57. The van der Waals surface area contributed by atoms with Gasteiger partial charge in [0.15, 0.2) is 11.5 Å². The summed E-state index contributed by atoms with van der Waals surface area (Å²) in [5.41, 5.74) is 2.34. The van der Waals surface area contributed by atoms with Crippen LogP contribution in [0.5, 0.6) is 17.2 Å². The molecule has 0 atom stereocenters. The SMILES string of the molecule is CNC(=O)n1ccc2cc(Oc3ccnc(NC(=O)c4ccc(C5CCN(CCO)CC5)cc4)c3)c(OCCCF)cc21. The van der Waals surface area contributed by atoms with Crippen LogP contribution in [0.15, 0.2) is 67.0 Å². The van der Waals surface area contributed by atoms with Crippen LogP contribution in [0.1, 0.15) is 41.1 Å². The first-order chi connectivity index (χ1) is 21.0. The Morgan fingerprint density at radius 2 is 1.86 bits per heavy atom. The second-order valence-electron chi connectivity index (χ2n) is 10.4.